The van der Waals surface area contributed by atoms with Gasteiger partial charge in [0.15, 0.2) is 0 Å². The van der Waals surface area contributed by atoms with Crippen LogP contribution < -0.4 is 5.56 Å². The first-order valence-electron chi connectivity index (χ1n) is 9.72. The largest absolute Gasteiger partial charge is 0.507 e. The molecule has 0 bridgehead atoms. The number of rotatable bonds is 6. The molecule has 1 atom stereocenters. The molecule has 1 aromatic heterocycles. The Morgan fingerprint density at radius 2 is 1.89 bits per heavy atom. The lowest BCUT2D eigenvalue weighted by Crippen LogP contribution is -2.49. The molecule has 2 N–H and O–H groups in total. The van der Waals surface area contributed by atoms with E-state index < -0.39 is 6.04 Å². The van der Waals surface area contributed by atoms with Crippen LogP contribution in [0.15, 0.2) is 35.1 Å². The lowest BCUT2D eigenvalue weighted by Gasteiger charge is -2.39. The zero-order valence-electron chi connectivity index (χ0n) is 16.4. The third-order valence-electron chi connectivity index (χ3n) is 5.47. The normalized spacial score (nSPS) is 17.0. The van der Waals surface area contributed by atoms with E-state index in [1.807, 2.05) is 6.92 Å². The molecule has 0 aliphatic carbocycles. The van der Waals surface area contributed by atoms with Gasteiger partial charge in [-0.1, -0.05) is 12.1 Å². The maximum Gasteiger partial charge on any atom is 0.259 e. The van der Waals surface area contributed by atoms with Crippen molar-refractivity contribution in [3.63, 3.8) is 0 Å². The summed E-state index contributed by atoms with van der Waals surface area (Å²) < 4.78 is 15.6. The molecule has 0 radical (unpaired) electrons. The molecular weight excluding hydrogens is 361 g/mol. The Labute approximate surface area is 164 Å². The van der Waals surface area contributed by atoms with Crippen molar-refractivity contribution in [2.24, 2.45) is 0 Å². The molecule has 2 aromatic rings. The van der Waals surface area contributed by atoms with Gasteiger partial charge < -0.3 is 14.8 Å². The minimum atomic E-state index is -0.530. The van der Waals surface area contributed by atoms with E-state index in [0.717, 1.165) is 13.1 Å². The van der Waals surface area contributed by atoms with Crippen molar-refractivity contribution in [1.29, 1.82) is 0 Å². The van der Waals surface area contributed by atoms with E-state index in [-0.39, 0.29) is 29.3 Å². The predicted molar refractivity (Wildman–Crippen MR) is 106 cm³/mol. The summed E-state index contributed by atoms with van der Waals surface area (Å²) in [6, 6.07) is 7.30. The van der Waals surface area contributed by atoms with Gasteiger partial charge in [0.2, 0.25) is 0 Å². The molecule has 3 rings (SSSR count). The van der Waals surface area contributed by atoms with Gasteiger partial charge in [-0.15, -0.1) is 0 Å². The first-order chi connectivity index (χ1) is 13.5. The number of hydrogen-bond donors (Lipinski definition) is 2. The van der Waals surface area contributed by atoms with Crippen LogP contribution >= 0.6 is 0 Å². The maximum absolute atomic E-state index is 14.0. The summed E-state index contributed by atoms with van der Waals surface area (Å²) in [5, 5.41) is 19.8. The van der Waals surface area contributed by atoms with Crippen molar-refractivity contribution in [2.75, 3.05) is 39.3 Å². The number of piperazine rings is 1. The third-order valence-corrected chi connectivity index (χ3v) is 5.47. The van der Waals surface area contributed by atoms with Crippen molar-refractivity contribution in [1.82, 2.24) is 14.4 Å². The molecule has 1 unspecified atom stereocenters. The number of pyridine rings is 1. The van der Waals surface area contributed by atoms with Crippen LogP contribution in [-0.4, -0.2) is 63.9 Å². The molecule has 1 aromatic carbocycles. The second kappa shape index (κ2) is 8.86. The van der Waals surface area contributed by atoms with Crippen molar-refractivity contribution < 1.29 is 14.6 Å². The lowest BCUT2D eigenvalue weighted by molar-refractivity contribution is 0.0931. The molecule has 7 heteroatoms. The predicted octanol–water partition coefficient (Wildman–Crippen LogP) is 1.72. The van der Waals surface area contributed by atoms with Crippen LogP contribution in [0.3, 0.4) is 0 Å². The van der Waals surface area contributed by atoms with Gasteiger partial charge in [0.05, 0.1) is 18.2 Å². The van der Waals surface area contributed by atoms with E-state index >= 15 is 0 Å². The van der Waals surface area contributed by atoms with E-state index in [1.165, 1.54) is 12.1 Å². The topological polar surface area (TPSA) is 68.9 Å². The summed E-state index contributed by atoms with van der Waals surface area (Å²) in [5.74, 6) is -0.428. The van der Waals surface area contributed by atoms with Crippen molar-refractivity contribution in [2.45, 2.75) is 26.4 Å². The summed E-state index contributed by atoms with van der Waals surface area (Å²) in [6.45, 7) is 7.67. The molecule has 28 heavy (non-hydrogen) atoms. The molecule has 6 nitrogen and oxygen atoms in total. The highest BCUT2D eigenvalue weighted by Crippen LogP contribution is 2.33. The molecule has 0 saturated carbocycles. The SMILES string of the molecule is CCn1c(C)cc(O)c(C(c2cccc(F)c2)N2CCN(CCO)CC2)c1=O. The molecule has 1 saturated heterocycles. The van der Waals surface area contributed by atoms with Gasteiger partial charge in [-0.3, -0.25) is 14.6 Å². The molecule has 1 aliphatic heterocycles. The second-order valence-electron chi connectivity index (χ2n) is 7.19. The highest BCUT2D eigenvalue weighted by Gasteiger charge is 2.31. The Hall–Kier alpha value is -2.22. The molecule has 0 amide bonds. The van der Waals surface area contributed by atoms with Gasteiger partial charge in [-0.2, -0.15) is 0 Å². The molecule has 0 spiro atoms. The van der Waals surface area contributed by atoms with Gasteiger partial charge in [-0.25, -0.2) is 4.39 Å². The Morgan fingerprint density at radius 1 is 1.18 bits per heavy atom. The number of aryl methyl sites for hydroxylation is 1. The van der Waals surface area contributed by atoms with Crippen molar-refractivity contribution in [3.05, 3.63) is 63.3 Å². The van der Waals surface area contributed by atoms with E-state index in [9.17, 15) is 14.3 Å². The summed E-state index contributed by atoms with van der Waals surface area (Å²) >= 11 is 0. The van der Waals surface area contributed by atoms with Crippen LogP contribution in [0.1, 0.15) is 29.8 Å². The fourth-order valence-corrected chi connectivity index (χ4v) is 4.04. The summed E-state index contributed by atoms with van der Waals surface area (Å²) in [7, 11) is 0. The van der Waals surface area contributed by atoms with Crippen LogP contribution in [0.25, 0.3) is 0 Å². The van der Waals surface area contributed by atoms with Crippen LogP contribution in [0, 0.1) is 12.7 Å². The number of aliphatic hydroxyl groups is 1. The van der Waals surface area contributed by atoms with E-state index in [0.29, 0.717) is 37.4 Å². The average Bonchev–Trinajstić information content (AvgIpc) is 2.66. The zero-order valence-corrected chi connectivity index (χ0v) is 16.4. The Balaban J connectivity index is 2.07. The summed E-state index contributed by atoms with van der Waals surface area (Å²) in [6.07, 6.45) is 0. The molecule has 1 aliphatic rings. The fourth-order valence-electron chi connectivity index (χ4n) is 4.04. The minimum Gasteiger partial charge on any atom is -0.507 e. The molecular formula is C21H28FN3O3. The highest BCUT2D eigenvalue weighted by atomic mass is 19.1. The first kappa shape index (κ1) is 20.5. The summed E-state index contributed by atoms with van der Waals surface area (Å²) in [4.78, 5) is 17.4. The van der Waals surface area contributed by atoms with Gasteiger partial charge in [0.25, 0.3) is 5.56 Å². The standard InChI is InChI=1S/C21H28FN3O3/c1-3-25-15(2)13-18(27)19(21(25)28)20(16-5-4-6-17(22)14-16)24-9-7-23(8-10-24)11-12-26/h4-6,13-14,20,26-27H,3,7-12H2,1-2H3. The smallest absolute Gasteiger partial charge is 0.259 e. The molecule has 2 heterocycles. The Morgan fingerprint density at radius 3 is 2.50 bits per heavy atom. The fraction of sp³-hybridized carbons (Fsp3) is 0.476. The monoisotopic (exact) mass is 389 g/mol. The number of hydrogen-bond acceptors (Lipinski definition) is 5. The zero-order chi connectivity index (χ0) is 20.3. The highest BCUT2D eigenvalue weighted by molar-refractivity contribution is 5.41. The van der Waals surface area contributed by atoms with E-state index in [1.54, 1.807) is 29.7 Å². The molecule has 152 valence electrons. The van der Waals surface area contributed by atoms with Crippen LogP contribution in [0.4, 0.5) is 4.39 Å². The van der Waals surface area contributed by atoms with Crippen LogP contribution in [-0.2, 0) is 6.54 Å². The maximum atomic E-state index is 14.0. The van der Waals surface area contributed by atoms with Crippen molar-refractivity contribution in [3.8, 4) is 5.75 Å². The van der Waals surface area contributed by atoms with Crippen LogP contribution in [0.5, 0.6) is 5.75 Å². The van der Waals surface area contributed by atoms with E-state index in [2.05, 4.69) is 9.80 Å². The second-order valence-corrected chi connectivity index (χ2v) is 7.19. The number of aromatic nitrogens is 1. The number of aromatic hydroxyl groups is 1. The number of nitrogens with zero attached hydrogens (tertiary/aromatic N) is 3. The Kier molecular flexibility index (Phi) is 6.49. The van der Waals surface area contributed by atoms with Crippen molar-refractivity contribution >= 4 is 0 Å². The summed E-state index contributed by atoms with van der Waals surface area (Å²) in [5.41, 5.74) is 1.38. The average molecular weight is 389 g/mol. The lowest BCUT2D eigenvalue weighted by atomic mass is 9.96. The van der Waals surface area contributed by atoms with Gasteiger partial charge in [0, 0.05) is 45.0 Å². The molecule has 1 fully saturated rings. The van der Waals surface area contributed by atoms with Crippen LogP contribution in [0.2, 0.25) is 0 Å². The minimum absolute atomic E-state index is 0.0563. The number of β-amino-alcohol motifs (C(OH)–C–C–N with tert-alkyl or cyclic N) is 1. The number of halogens is 1. The van der Waals surface area contributed by atoms with Gasteiger partial charge in [-0.05, 0) is 37.6 Å². The number of aliphatic hydroxyl groups excluding tert-OH is 1. The van der Waals surface area contributed by atoms with Gasteiger partial charge >= 0.3 is 0 Å². The van der Waals surface area contributed by atoms with Gasteiger partial charge in [0.1, 0.15) is 11.6 Å². The first-order valence-corrected chi connectivity index (χ1v) is 9.72. The third kappa shape index (κ3) is 4.11. The Bertz CT molecular complexity index is 876. The number of benzene rings is 1. The quantitative estimate of drug-likeness (QED) is 0.787. The van der Waals surface area contributed by atoms with E-state index in [4.69, 9.17) is 5.11 Å².